The molecule has 0 saturated heterocycles. The maximum absolute atomic E-state index is 12.9. The molecule has 108 valence electrons. The highest BCUT2D eigenvalue weighted by atomic mass is 32.2. The number of rotatable bonds is 3. The summed E-state index contributed by atoms with van der Waals surface area (Å²) in [4.78, 5) is 0.121. The van der Waals surface area contributed by atoms with E-state index in [2.05, 4.69) is 0 Å². The molecule has 0 saturated carbocycles. The molecule has 0 aliphatic carbocycles. The molecule has 0 aliphatic heterocycles. The van der Waals surface area contributed by atoms with Gasteiger partial charge in [0.25, 0.3) is 10.0 Å². The van der Waals surface area contributed by atoms with Crippen LogP contribution in [0.4, 0.5) is 5.69 Å². The van der Waals surface area contributed by atoms with Crippen LogP contribution in [-0.4, -0.2) is 8.42 Å². The minimum absolute atomic E-state index is 0.121. The number of para-hydroxylation sites is 1. The number of sulfonamides is 1. The van der Waals surface area contributed by atoms with E-state index >= 15 is 0 Å². The van der Waals surface area contributed by atoms with Crippen molar-refractivity contribution in [3.63, 3.8) is 0 Å². The van der Waals surface area contributed by atoms with E-state index in [0.29, 0.717) is 11.1 Å². The normalized spacial score (nSPS) is 11.0. The van der Waals surface area contributed by atoms with Crippen LogP contribution >= 0.6 is 0 Å². The van der Waals surface area contributed by atoms with E-state index in [-0.39, 0.29) is 4.90 Å². The number of benzene rings is 3. The molecule has 3 rings (SSSR count). The molecule has 22 heavy (non-hydrogen) atoms. The van der Waals surface area contributed by atoms with Gasteiger partial charge in [0.15, 0.2) is 6.19 Å². The second kappa shape index (κ2) is 5.51. The topological polar surface area (TPSA) is 61.2 Å². The van der Waals surface area contributed by atoms with E-state index in [0.717, 1.165) is 9.69 Å². The van der Waals surface area contributed by atoms with Crippen molar-refractivity contribution in [3.05, 3.63) is 72.8 Å². The summed E-state index contributed by atoms with van der Waals surface area (Å²) in [7, 11) is -3.96. The van der Waals surface area contributed by atoms with Crippen LogP contribution in [0.5, 0.6) is 0 Å². The van der Waals surface area contributed by atoms with Gasteiger partial charge in [-0.2, -0.15) is 18.0 Å². The Bertz CT molecular complexity index is 955. The van der Waals surface area contributed by atoms with Gasteiger partial charge in [0, 0.05) is 5.39 Å². The van der Waals surface area contributed by atoms with Gasteiger partial charge in [-0.25, -0.2) is 0 Å². The molecule has 0 bridgehead atoms. The van der Waals surface area contributed by atoms with E-state index in [1.807, 2.05) is 18.2 Å². The van der Waals surface area contributed by atoms with Crippen LogP contribution in [0, 0.1) is 11.5 Å². The quantitative estimate of drug-likeness (QED) is 0.549. The summed E-state index contributed by atoms with van der Waals surface area (Å²) >= 11 is 0. The molecule has 3 aromatic carbocycles. The van der Waals surface area contributed by atoms with Gasteiger partial charge >= 0.3 is 0 Å². The molecule has 0 atom stereocenters. The van der Waals surface area contributed by atoms with Gasteiger partial charge in [0.05, 0.1) is 10.6 Å². The second-order valence-corrected chi connectivity index (χ2v) is 6.44. The lowest BCUT2D eigenvalue weighted by Gasteiger charge is -2.17. The molecule has 0 fully saturated rings. The molecule has 3 aromatic rings. The first-order chi connectivity index (χ1) is 10.6. The van der Waals surface area contributed by atoms with E-state index in [1.165, 1.54) is 6.07 Å². The van der Waals surface area contributed by atoms with Gasteiger partial charge in [0.2, 0.25) is 0 Å². The molecule has 4 nitrogen and oxygen atoms in total. The van der Waals surface area contributed by atoms with E-state index in [4.69, 9.17) is 0 Å². The standard InChI is InChI=1S/C17H12N2O2S/c18-13-19(15-9-2-1-3-10-15)22(20,21)17-12-6-8-14-7-4-5-11-16(14)17/h1-12H. The number of fused-ring (bicyclic) bond motifs is 1. The first kappa shape index (κ1) is 14.1. The molecule has 0 heterocycles. The fourth-order valence-corrected chi connectivity index (χ4v) is 3.75. The number of hydrogen-bond acceptors (Lipinski definition) is 3. The molecule has 0 aromatic heterocycles. The predicted octanol–water partition coefficient (Wildman–Crippen LogP) is 3.52. The lowest BCUT2D eigenvalue weighted by molar-refractivity contribution is 0.597. The summed E-state index contributed by atoms with van der Waals surface area (Å²) in [5.74, 6) is 0. The zero-order valence-electron chi connectivity index (χ0n) is 11.5. The number of nitrogens with zero attached hydrogens (tertiary/aromatic N) is 2. The van der Waals surface area contributed by atoms with Gasteiger partial charge < -0.3 is 0 Å². The predicted molar refractivity (Wildman–Crippen MR) is 85.7 cm³/mol. The molecular weight excluding hydrogens is 296 g/mol. The van der Waals surface area contributed by atoms with Crippen molar-refractivity contribution < 1.29 is 8.42 Å². The van der Waals surface area contributed by atoms with Gasteiger partial charge in [0.1, 0.15) is 0 Å². The second-order valence-electron chi connectivity index (χ2n) is 4.68. The number of hydrogen-bond donors (Lipinski definition) is 0. The minimum Gasteiger partial charge on any atom is -0.200 e. The number of anilines is 1. The van der Waals surface area contributed by atoms with Crippen molar-refractivity contribution in [2.45, 2.75) is 4.90 Å². The third-order valence-corrected chi connectivity index (χ3v) is 5.03. The van der Waals surface area contributed by atoms with Crippen molar-refractivity contribution in [1.82, 2.24) is 0 Å². The molecule has 5 heteroatoms. The van der Waals surface area contributed by atoms with Crippen LogP contribution in [0.3, 0.4) is 0 Å². The fraction of sp³-hybridized carbons (Fsp3) is 0. The highest BCUT2D eigenvalue weighted by Crippen LogP contribution is 2.28. The highest BCUT2D eigenvalue weighted by Gasteiger charge is 2.26. The summed E-state index contributed by atoms with van der Waals surface area (Å²) in [6.45, 7) is 0. The van der Waals surface area contributed by atoms with E-state index in [9.17, 15) is 13.7 Å². The molecule has 0 radical (unpaired) electrons. The Morgan fingerprint density at radius 1 is 0.818 bits per heavy atom. The SMILES string of the molecule is N#CN(c1ccccc1)S(=O)(=O)c1cccc2ccccc12. The Morgan fingerprint density at radius 3 is 2.18 bits per heavy atom. The Hall–Kier alpha value is -2.84. The van der Waals surface area contributed by atoms with Gasteiger partial charge in [-0.3, -0.25) is 0 Å². The Morgan fingerprint density at radius 2 is 1.45 bits per heavy atom. The van der Waals surface area contributed by atoms with Gasteiger partial charge in [-0.15, -0.1) is 0 Å². The minimum atomic E-state index is -3.96. The van der Waals surface area contributed by atoms with Crippen molar-refractivity contribution in [1.29, 1.82) is 5.26 Å². The van der Waals surface area contributed by atoms with Crippen LogP contribution in [0.15, 0.2) is 77.7 Å². The molecule has 0 unspecified atom stereocenters. The monoisotopic (exact) mass is 308 g/mol. The molecular formula is C17H12N2O2S. The Kier molecular flexibility index (Phi) is 3.53. The first-order valence-corrected chi connectivity index (χ1v) is 8.06. The van der Waals surface area contributed by atoms with E-state index in [1.54, 1.807) is 54.7 Å². The summed E-state index contributed by atoms with van der Waals surface area (Å²) in [6, 6.07) is 20.6. The zero-order valence-corrected chi connectivity index (χ0v) is 12.4. The van der Waals surface area contributed by atoms with Crippen LogP contribution < -0.4 is 4.31 Å². The zero-order chi connectivity index (χ0) is 15.6. The van der Waals surface area contributed by atoms with E-state index < -0.39 is 10.0 Å². The first-order valence-electron chi connectivity index (χ1n) is 6.62. The van der Waals surface area contributed by atoms with Crippen LogP contribution in [0.25, 0.3) is 10.8 Å². The van der Waals surface area contributed by atoms with Crippen LogP contribution in [-0.2, 0) is 10.0 Å². The average Bonchev–Trinajstić information content (AvgIpc) is 2.55. The van der Waals surface area contributed by atoms with Crippen LogP contribution in [0.2, 0.25) is 0 Å². The summed E-state index contributed by atoms with van der Waals surface area (Å²) in [5.41, 5.74) is 0.318. The van der Waals surface area contributed by atoms with Crippen LogP contribution in [0.1, 0.15) is 0 Å². The third kappa shape index (κ3) is 2.30. The maximum Gasteiger partial charge on any atom is 0.277 e. The largest absolute Gasteiger partial charge is 0.277 e. The maximum atomic E-state index is 12.9. The van der Waals surface area contributed by atoms with Crippen molar-refractivity contribution in [2.75, 3.05) is 4.31 Å². The van der Waals surface area contributed by atoms with Crippen molar-refractivity contribution in [2.24, 2.45) is 0 Å². The summed E-state index contributed by atoms with van der Waals surface area (Å²) in [6.07, 6.45) is 1.77. The Labute approximate surface area is 128 Å². The molecule has 0 amide bonds. The average molecular weight is 308 g/mol. The van der Waals surface area contributed by atoms with Crippen molar-refractivity contribution in [3.8, 4) is 6.19 Å². The Balaban J connectivity index is 2.22. The van der Waals surface area contributed by atoms with Gasteiger partial charge in [-0.05, 0) is 23.6 Å². The molecule has 0 N–H and O–H groups in total. The third-order valence-electron chi connectivity index (χ3n) is 3.35. The lowest BCUT2D eigenvalue weighted by Crippen LogP contribution is -2.26. The summed E-state index contributed by atoms with van der Waals surface area (Å²) < 4.78 is 26.5. The summed E-state index contributed by atoms with van der Waals surface area (Å²) in [5, 5.41) is 10.8. The van der Waals surface area contributed by atoms with Crippen molar-refractivity contribution >= 4 is 26.5 Å². The lowest BCUT2D eigenvalue weighted by atomic mass is 10.1. The molecule has 0 spiro atoms. The highest BCUT2D eigenvalue weighted by molar-refractivity contribution is 7.93. The molecule has 0 aliphatic rings. The fourth-order valence-electron chi connectivity index (χ4n) is 2.33. The smallest absolute Gasteiger partial charge is 0.200 e. The number of nitriles is 1. The van der Waals surface area contributed by atoms with Gasteiger partial charge in [-0.1, -0.05) is 54.6 Å².